The third-order valence-electron chi connectivity index (χ3n) is 1.63. The van der Waals surface area contributed by atoms with Crippen LogP contribution in [0.1, 0.15) is 6.92 Å². The zero-order chi connectivity index (χ0) is 10.6. The van der Waals surface area contributed by atoms with Crippen LogP contribution in [0.25, 0.3) is 0 Å². The fourth-order valence-corrected chi connectivity index (χ4v) is 1.02. The molecule has 1 aromatic heterocycles. The normalized spacial score (nSPS) is 9.57. The highest BCUT2D eigenvalue weighted by molar-refractivity contribution is 5.54. The van der Waals surface area contributed by atoms with Crippen molar-refractivity contribution in [3.63, 3.8) is 0 Å². The smallest absolute Gasteiger partial charge is 0.276 e. The minimum atomic E-state index is -0.441. The van der Waals surface area contributed by atoms with E-state index in [1.54, 1.807) is 7.05 Å². The quantitative estimate of drug-likeness (QED) is 0.563. The van der Waals surface area contributed by atoms with Crippen LogP contribution in [0.15, 0.2) is 12.1 Å². The zero-order valence-corrected chi connectivity index (χ0v) is 8.07. The van der Waals surface area contributed by atoms with Crippen LogP contribution in [-0.2, 0) is 0 Å². The molecule has 1 heterocycles. The van der Waals surface area contributed by atoms with E-state index in [4.69, 9.17) is 0 Å². The summed E-state index contributed by atoms with van der Waals surface area (Å²) < 4.78 is 0. The number of nitro groups is 1. The molecule has 0 aliphatic heterocycles. The Balaban J connectivity index is 3.06. The maximum absolute atomic E-state index is 10.5. The molecule has 6 heteroatoms. The first kappa shape index (κ1) is 10.2. The van der Waals surface area contributed by atoms with Gasteiger partial charge >= 0.3 is 0 Å². The number of rotatable bonds is 4. The van der Waals surface area contributed by atoms with Gasteiger partial charge in [-0.3, -0.25) is 10.1 Å². The summed E-state index contributed by atoms with van der Waals surface area (Å²) >= 11 is 0. The second kappa shape index (κ2) is 4.40. The van der Waals surface area contributed by atoms with Crippen LogP contribution < -0.4 is 10.6 Å². The van der Waals surface area contributed by atoms with Gasteiger partial charge in [-0.25, -0.2) is 4.98 Å². The highest BCUT2D eigenvalue weighted by atomic mass is 16.6. The molecule has 0 unspecified atom stereocenters. The summed E-state index contributed by atoms with van der Waals surface area (Å²) in [6, 6.07) is 2.80. The van der Waals surface area contributed by atoms with E-state index in [-0.39, 0.29) is 5.69 Å². The first-order chi connectivity index (χ1) is 6.67. The second-order valence-corrected chi connectivity index (χ2v) is 2.63. The molecule has 0 saturated heterocycles. The van der Waals surface area contributed by atoms with Gasteiger partial charge in [0, 0.05) is 13.6 Å². The molecule has 1 rings (SSSR count). The van der Waals surface area contributed by atoms with Gasteiger partial charge in [-0.05, 0) is 6.92 Å². The van der Waals surface area contributed by atoms with Crippen molar-refractivity contribution < 1.29 is 4.92 Å². The molecule has 2 N–H and O–H groups in total. The lowest BCUT2D eigenvalue weighted by atomic mass is 10.3. The largest absolute Gasteiger partial charge is 0.373 e. The third-order valence-corrected chi connectivity index (χ3v) is 1.63. The highest BCUT2D eigenvalue weighted by Crippen LogP contribution is 2.19. The Bertz CT molecular complexity index is 340. The van der Waals surface area contributed by atoms with E-state index < -0.39 is 4.92 Å². The van der Waals surface area contributed by atoms with Crippen molar-refractivity contribution in [2.24, 2.45) is 0 Å². The van der Waals surface area contributed by atoms with E-state index in [1.165, 1.54) is 12.1 Å². The molecule has 0 radical (unpaired) electrons. The predicted octanol–water partition coefficient (Wildman–Crippen LogP) is 1.46. The van der Waals surface area contributed by atoms with Gasteiger partial charge in [0.1, 0.15) is 11.6 Å². The van der Waals surface area contributed by atoms with Crippen molar-refractivity contribution in [1.29, 1.82) is 0 Å². The van der Waals surface area contributed by atoms with Crippen LogP contribution in [0.4, 0.5) is 17.3 Å². The number of aromatic nitrogens is 1. The standard InChI is InChI=1S/C8H12N4O2/c1-3-10-8-5-6(12(13)14)4-7(9-2)11-8/h4-5H,3H2,1-2H3,(H2,9,10,11). The minimum absolute atomic E-state index is 0.0281. The molecule has 0 aromatic carbocycles. The average molecular weight is 196 g/mol. The van der Waals surface area contributed by atoms with Gasteiger partial charge in [-0.15, -0.1) is 0 Å². The molecule has 0 aliphatic carbocycles. The number of anilines is 2. The van der Waals surface area contributed by atoms with Gasteiger partial charge in [-0.1, -0.05) is 0 Å². The van der Waals surface area contributed by atoms with Gasteiger partial charge in [0.2, 0.25) is 0 Å². The molecule has 14 heavy (non-hydrogen) atoms. The molecule has 0 saturated carbocycles. The fourth-order valence-electron chi connectivity index (χ4n) is 1.02. The number of nitrogens with zero attached hydrogens (tertiary/aromatic N) is 2. The zero-order valence-electron chi connectivity index (χ0n) is 8.07. The van der Waals surface area contributed by atoms with E-state index in [2.05, 4.69) is 15.6 Å². The number of hydrogen-bond donors (Lipinski definition) is 2. The Morgan fingerprint density at radius 3 is 2.64 bits per heavy atom. The molecule has 1 aromatic rings. The summed E-state index contributed by atoms with van der Waals surface area (Å²) in [6.07, 6.45) is 0. The van der Waals surface area contributed by atoms with Gasteiger partial charge in [-0.2, -0.15) is 0 Å². The first-order valence-electron chi connectivity index (χ1n) is 4.25. The summed E-state index contributed by atoms with van der Waals surface area (Å²) in [7, 11) is 1.67. The molecule has 0 aliphatic rings. The maximum Gasteiger partial charge on any atom is 0.276 e. The van der Waals surface area contributed by atoms with Crippen LogP contribution in [0.3, 0.4) is 0 Å². The van der Waals surface area contributed by atoms with E-state index in [0.717, 1.165) is 0 Å². The summed E-state index contributed by atoms with van der Waals surface area (Å²) in [6.45, 7) is 2.58. The number of hydrogen-bond acceptors (Lipinski definition) is 5. The van der Waals surface area contributed by atoms with Crippen molar-refractivity contribution >= 4 is 17.3 Å². The molecule has 0 atom stereocenters. The van der Waals surface area contributed by atoms with Crippen molar-refractivity contribution in [2.45, 2.75) is 6.92 Å². The molecule has 6 nitrogen and oxygen atoms in total. The number of nitrogens with one attached hydrogen (secondary N) is 2. The summed E-state index contributed by atoms with van der Waals surface area (Å²) in [4.78, 5) is 14.2. The Labute approximate surface area is 81.5 Å². The molecule has 0 bridgehead atoms. The Kier molecular flexibility index (Phi) is 3.22. The van der Waals surface area contributed by atoms with Crippen LogP contribution >= 0.6 is 0 Å². The Hall–Kier alpha value is -1.85. The fraction of sp³-hybridized carbons (Fsp3) is 0.375. The molecular formula is C8H12N4O2. The van der Waals surface area contributed by atoms with Gasteiger partial charge in [0.25, 0.3) is 5.69 Å². The van der Waals surface area contributed by atoms with Crippen LogP contribution in [0, 0.1) is 10.1 Å². The SMILES string of the molecule is CCNc1cc([N+](=O)[O-])cc(NC)n1. The second-order valence-electron chi connectivity index (χ2n) is 2.63. The van der Waals surface area contributed by atoms with E-state index in [0.29, 0.717) is 18.2 Å². The Morgan fingerprint density at radius 1 is 1.50 bits per heavy atom. The minimum Gasteiger partial charge on any atom is -0.373 e. The van der Waals surface area contributed by atoms with Crippen molar-refractivity contribution in [1.82, 2.24) is 4.98 Å². The molecular weight excluding hydrogens is 184 g/mol. The van der Waals surface area contributed by atoms with E-state index >= 15 is 0 Å². The van der Waals surface area contributed by atoms with E-state index in [1.807, 2.05) is 6.92 Å². The van der Waals surface area contributed by atoms with Crippen molar-refractivity contribution in [3.8, 4) is 0 Å². The topological polar surface area (TPSA) is 80.1 Å². The summed E-state index contributed by atoms with van der Waals surface area (Å²) in [5.74, 6) is 0.987. The monoisotopic (exact) mass is 196 g/mol. The van der Waals surface area contributed by atoms with Crippen LogP contribution in [0.2, 0.25) is 0 Å². The van der Waals surface area contributed by atoms with Crippen LogP contribution in [-0.4, -0.2) is 23.5 Å². The van der Waals surface area contributed by atoms with Crippen molar-refractivity contribution in [3.05, 3.63) is 22.2 Å². The predicted molar refractivity (Wildman–Crippen MR) is 54.6 cm³/mol. The lowest BCUT2D eigenvalue weighted by Crippen LogP contribution is -2.03. The van der Waals surface area contributed by atoms with Crippen LogP contribution in [0.5, 0.6) is 0 Å². The molecule has 76 valence electrons. The summed E-state index contributed by atoms with van der Waals surface area (Å²) in [5, 5.41) is 16.2. The number of pyridine rings is 1. The van der Waals surface area contributed by atoms with Gasteiger partial charge in [0.05, 0.1) is 17.1 Å². The third kappa shape index (κ3) is 2.32. The van der Waals surface area contributed by atoms with Gasteiger partial charge in [0.15, 0.2) is 0 Å². The molecule has 0 spiro atoms. The van der Waals surface area contributed by atoms with E-state index in [9.17, 15) is 10.1 Å². The lowest BCUT2D eigenvalue weighted by Gasteiger charge is -2.04. The first-order valence-corrected chi connectivity index (χ1v) is 4.25. The van der Waals surface area contributed by atoms with Gasteiger partial charge < -0.3 is 10.6 Å². The highest BCUT2D eigenvalue weighted by Gasteiger charge is 2.09. The maximum atomic E-state index is 10.5. The Morgan fingerprint density at radius 2 is 2.14 bits per heavy atom. The average Bonchev–Trinajstić information content (AvgIpc) is 2.17. The summed E-state index contributed by atoms with van der Waals surface area (Å²) in [5.41, 5.74) is 0.0281. The molecule has 0 amide bonds. The molecule has 0 fully saturated rings. The van der Waals surface area contributed by atoms with Crippen molar-refractivity contribution in [2.75, 3.05) is 24.2 Å². The lowest BCUT2D eigenvalue weighted by molar-refractivity contribution is -0.384.